The van der Waals surface area contributed by atoms with Crippen LogP contribution in [-0.4, -0.2) is 18.7 Å². The molecule has 1 aliphatic heterocycles. The van der Waals surface area contributed by atoms with E-state index in [0.717, 1.165) is 5.69 Å². The monoisotopic (exact) mass is 304 g/mol. The number of amides is 1. The van der Waals surface area contributed by atoms with Crippen molar-refractivity contribution >= 4 is 40.4 Å². The third-order valence-corrected chi connectivity index (χ3v) is 3.66. The highest BCUT2D eigenvalue weighted by Gasteiger charge is 2.29. The molecule has 1 heterocycles. The quantitative estimate of drug-likeness (QED) is 0.865. The molecular weight excluding hydrogens is 295 g/mol. The summed E-state index contributed by atoms with van der Waals surface area (Å²) in [5.41, 5.74) is 2.03. The molecule has 0 radical (unpaired) electrons. The molecule has 0 saturated heterocycles. The predicted octanol–water partition coefficient (Wildman–Crippen LogP) is 3.38. The lowest BCUT2D eigenvalue weighted by Crippen LogP contribution is -2.12. The lowest BCUT2D eigenvalue weighted by molar-refractivity contribution is -0.112. The van der Waals surface area contributed by atoms with E-state index in [1.54, 1.807) is 30.1 Å². The van der Waals surface area contributed by atoms with Gasteiger partial charge in [-0.3, -0.25) is 9.59 Å². The highest BCUT2D eigenvalue weighted by Crippen LogP contribution is 2.37. The molecule has 0 fully saturated rings. The van der Waals surface area contributed by atoms with Gasteiger partial charge in [-0.1, -0.05) is 11.6 Å². The third kappa shape index (κ3) is 2.25. The van der Waals surface area contributed by atoms with Gasteiger partial charge in [-0.05, 0) is 36.4 Å². The number of nitrogens with one attached hydrogen (secondary N) is 1. The molecule has 1 amide bonds. The van der Waals surface area contributed by atoms with E-state index in [1.165, 1.54) is 18.2 Å². The summed E-state index contributed by atoms with van der Waals surface area (Å²) in [5, 5.41) is 2.83. The Balaban J connectivity index is 2.04. The molecule has 0 bridgehead atoms. The smallest absolute Gasteiger partial charge is 0.296 e. The van der Waals surface area contributed by atoms with Gasteiger partial charge in [-0.25, -0.2) is 4.39 Å². The Bertz CT molecular complexity index is 759. The topological polar surface area (TPSA) is 49.4 Å². The SMILES string of the molecule is CN(c1ccc(F)cc1)c1cc2c(cc1Cl)C(=O)C(=O)N2. The lowest BCUT2D eigenvalue weighted by Gasteiger charge is -2.21. The Hall–Kier alpha value is -2.40. The Morgan fingerprint density at radius 1 is 1.14 bits per heavy atom. The number of benzene rings is 2. The summed E-state index contributed by atoms with van der Waals surface area (Å²) in [6, 6.07) is 9.01. The summed E-state index contributed by atoms with van der Waals surface area (Å²) in [6.07, 6.45) is 0. The van der Waals surface area contributed by atoms with Crippen LogP contribution < -0.4 is 10.2 Å². The molecule has 2 aromatic carbocycles. The fraction of sp³-hybridized carbons (Fsp3) is 0.0667. The molecule has 0 aliphatic carbocycles. The van der Waals surface area contributed by atoms with Crippen molar-refractivity contribution < 1.29 is 14.0 Å². The van der Waals surface area contributed by atoms with Crippen LogP contribution in [0.3, 0.4) is 0 Å². The molecule has 1 aliphatic rings. The summed E-state index contributed by atoms with van der Waals surface area (Å²) in [5.74, 6) is -1.59. The minimum absolute atomic E-state index is 0.265. The van der Waals surface area contributed by atoms with Crippen LogP contribution in [0.2, 0.25) is 5.02 Å². The second kappa shape index (κ2) is 4.86. The van der Waals surface area contributed by atoms with Gasteiger partial charge in [-0.15, -0.1) is 0 Å². The predicted molar refractivity (Wildman–Crippen MR) is 78.9 cm³/mol. The van der Waals surface area contributed by atoms with Gasteiger partial charge in [0, 0.05) is 12.7 Å². The van der Waals surface area contributed by atoms with Gasteiger partial charge in [0.15, 0.2) is 0 Å². The van der Waals surface area contributed by atoms with Crippen LogP contribution in [0.15, 0.2) is 36.4 Å². The van der Waals surface area contributed by atoms with Crippen LogP contribution >= 0.6 is 11.6 Å². The molecule has 0 spiro atoms. The van der Waals surface area contributed by atoms with E-state index >= 15 is 0 Å². The van der Waals surface area contributed by atoms with Gasteiger partial charge in [0.2, 0.25) is 0 Å². The van der Waals surface area contributed by atoms with Gasteiger partial charge >= 0.3 is 0 Å². The Kier molecular flexibility index (Phi) is 3.14. The van der Waals surface area contributed by atoms with E-state index < -0.39 is 11.7 Å². The van der Waals surface area contributed by atoms with E-state index in [1.807, 2.05) is 0 Å². The maximum atomic E-state index is 13.0. The molecule has 2 aromatic rings. The highest BCUT2D eigenvalue weighted by atomic mass is 35.5. The van der Waals surface area contributed by atoms with Crippen molar-refractivity contribution in [3.05, 3.63) is 52.8 Å². The Morgan fingerprint density at radius 3 is 2.48 bits per heavy atom. The summed E-state index contributed by atoms with van der Waals surface area (Å²) < 4.78 is 13.0. The standard InChI is InChI=1S/C15H10ClFN2O2/c1-19(9-4-2-8(17)3-5-9)13-7-12-10(6-11(13)16)14(20)15(21)18-12/h2-7H,1H3,(H,18,20,21). The van der Waals surface area contributed by atoms with Gasteiger partial charge in [-0.2, -0.15) is 0 Å². The van der Waals surface area contributed by atoms with Crippen LogP contribution in [0, 0.1) is 5.82 Å². The molecular formula is C15H10ClFN2O2. The van der Waals surface area contributed by atoms with Crippen LogP contribution in [0.25, 0.3) is 0 Å². The largest absolute Gasteiger partial charge is 0.343 e. The number of halogens is 2. The first-order valence-corrected chi connectivity index (χ1v) is 6.53. The third-order valence-electron chi connectivity index (χ3n) is 3.36. The molecule has 0 saturated carbocycles. The van der Waals surface area contributed by atoms with Crippen LogP contribution in [0.4, 0.5) is 21.5 Å². The first kappa shape index (κ1) is 13.6. The molecule has 0 atom stereocenters. The second-order valence-electron chi connectivity index (χ2n) is 4.67. The molecule has 3 rings (SSSR count). The molecule has 0 aromatic heterocycles. The van der Waals surface area contributed by atoms with Crippen molar-refractivity contribution in [1.82, 2.24) is 0 Å². The maximum absolute atomic E-state index is 13.0. The number of hydrogen-bond donors (Lipinski definition) is 1. The minimum Gasteiger partial charge on any atom is -0.343 e. The fourth-order valence-corrected chi connectivity index (χ4v) is 2.51. The Morgan fingerprint density at radius 2 is 1.81 bits per heavy atom. The van der Waals surface area contributed by atoms with E-state index in [-0.39, 0.29) is 11.4 Å². The molecule has 4 nitrogen and oxygen atoms in total. The number of carbonyl (C=O) groups excluding carboxylic acids is 2. The van der Waals surface area contributed by atoms with Crippen LogP contribution in [-0.2, 0) is 4.79 Å². The minimum atomic E-state index is -0.664. The number of rotatable bonds is 2. The number of carbonyl (C=O) groups is 2. The fourth-order valence-electron chi connectivity index (χ4n) is 2.22. The van der Waals surface area contributed by atoms with Crippen molar-refractivity contribution in [1.29, 1.82) is 0 Å². The van der Waals surface area contributed by atoms with E-state index in [9.17, 15) is 14.0 Å². The van der Waals surface area contributed by atoms with Gasteiger partial charge in [0.25, 0.3) is 11.7 Å². The van der Waals surface area contributed by atoms with Gasteiger partial charge in [0.1, 0.15) is 5.82 Å². The summed E-state index contributed by atoms with van der Waals surface area (Å²) >= 11 is 6.19. The van der Waals surface area contributed by atoms with E-state index in [2.05, 4.69) is 5.32 Å². The van der Waals surface area contributed by atoms with Gasteiger partial charge in [0.05, 0.1) is 22.0 Å². The van der Waals surface area contributed by atoms with Gasteiger partial charge < -0.3 is 10.2 Å². The highest BCUT2D eigenvalue weighted by molar-refractivity contribution is 6.52. The molecule has 0 unspecified atom stereocenters. The number of anilines is 3. The average molecular weight is 305 g/mol. The Labute approximate surface area is 125 Å². The zero-order valence-corrected chi connectivity index (χ0v) is 11.7. The average Bonchev–Trinajstić information content (AvgIpc) is 2.73. The van der Waals surface area contributed by atoms with Crippen LogP contribution in [0.1, 0.15) is 10.4 Å². The number of Topliss-reactive ketones (excluding diaryl/α,β-unsaturated/α-hetero) is 1. The van der Waals surface area contributed by atoms with Crippen molar-refractivity contribution in [3.63, 3.8) is 0 Å². The zero-order chi connectivity index (χ0) is 15.1. The summed E-state index contributed by atoms with van der Waals surface area (Å²) in [4.78, 5) is 24.7. The summed E-state index contributed by atoms with van der Waals surface area (Å²) in [7, 11) is 1.76. The van der Waals surface area contributed by atoms with Crippen molar-refractivity contribution in [2.75, 3.05) is 17.3 Å². The summed E-state index contributed by atoms with van der Waals surface area (Å²) in [6.45, 7) is 0. The maximum Gasteiger partial charge on any atom is 0.296 e. The lowest BCUT2D eigenvalue weighted by atomic mass is 10.1. The van der Waals surface area contributed by atoms with Crippen molar-refractivity contribution in [2.24, 2.45) is 0 Å². The number of nitrogens with zero attached hydrogens (tertiary/aromatic N) is 1. The second-order valence-corrected chi connectivity index (χ2v) is 5.08. The molecule has 6 heteroatoms. The number of ketones is 1. The normalized spacial score (nSPS) is 13.1. The zero-order valence-electron chi connectivity index (χ0n) is 11.0. The van der Waals surface area contributed by atoms with E-state index in [4.69, 9.17) is 11.6 Å². The van der Waals surface area contributed by atoms with Crippen LogP contribution in [0.5, 0.6) is 0 Å². The number of fused-ring (bicyclic) bond motifs is 1. The first-order chi connectivity index (χ1) is 9.97. The van der Waals surface area contributed by atoms with E-state index in [0.29, 0.717) is 16.4 Å². The van der Waals surface area contributed by atoms with Crippen molar-refractivity contribution in [3.8, 4) is 0 Å². The number of hydrogen-bond acceptors (Lipinski definition) is 3. The molecule has 1 N–H and O–H groups in total. The van der Waals surface area contributed by atoms with Crippen molar-refractivity contribution in [2.45, 2.75) is 0 Å². The molecule has 106 valence electrons. The first-order valence-electron chi connectivity index (χ1n) is 6.16. The molecule has 21 heavy (non-hydrogen) atoms.